The van der Waals surface area contributed by atoms with Crippen molar-refractivity contribution in [3.8, 4) is 5.75 Å². The van der Waals surface area contributed by atoms with Crippen LogP contribution in [0.15, 0.2) is 54.7 Å². The fourth-order valence-electron chi connectivity index (χ4n) is 2.26. The second-order valence-corrected chi connectivity index (χ2v) is 5.19. The van der Waals surface area contributed by atoms with Gasteiger partial charge in [0, 0.05) is 17.3 Å². The van der Waals surface area contributed by atoms with Crippen molar-refractivity contribution >= 4 is 28.3 Å². The number of urea groups is 1. The molecule has 0 atom stereocenters. The van der Waals surface area contributed by atoms with E-state index in [1.807, 2.05) is 0 Å². The molecule has 0 saturated carbocycles. The molecule has 0 radical (unpaired) electrons. The van der Waals surface area contributed by atoms with E-state index in [2.05, 4.69) is 15.6 Å². The van der Waals surface area contributed by atoms with Crippen LogP contribution in [0.3, 0.4) is 0 Å². The molecular formula is C17H12F3N3O2. The molecule has 0 spiro atoms. The average molecular weight is 347 g/mol. The molecule has 0 unspecified atom stereocenters. The molecule has 5 nitrogen and oxygen atoms in total. The van der Waals surface area contributed by atoms with Crippen LogP contribution in [0.5, 0.6) is 5.75 Å². The van der Waals surface area contributed by atoms with E-state index in [1.54, 1.807) is 18.2 Å². The van der Waals surface area contributed by atoms with E-state index in [-0.39, 0.29) is 17.1 Å². The Morgan fingerprint density at radius 3 is 2.40 bits per heavy atom. The van der Waals surface area contributed by atoms with Crippen LogP contribution in [-0.2, 0) is 6.18 Å². The molecule has 0 saturated heterocycles. The highest BCUT2D eigenvalue weighted by Crippen LogP contribution is 2.31. The number of benzene rings is 2. The van der Waals surface area contributed by atoms with Crippen molar-refractivity contribution in [1.29, 1.82) is 0 Å². The summed E-state index contributed by atoms with van der Waals surface area (Å²) in [6, 6.07) is 9.97. The Balaban J connectivity index is 1.74. The zero-order valence-electron chi connectivity index (χ0n) is 12.6. The van der Waals surface area contributed by atoms with Crippen molar-refractivity contribution in [3.05, 3.63) is 60.3 Å². The standard InChI is InChI=1S/C17H12F3N3O2/c18-17(19,20)11-4-6-12(7-5-11)22-16(25)23-13-8-3-10-2-1-9-21-14(10)15(13)24/h1-9,24H,(H2,22,23,25). The van der Waals surface area contributed by atoms with Gasteiger partial charge in [0.05, 0.1) is 11.3 Å². The van der Waals surface area contributed by atoms with Gasteiger partial charge in [0.25, 0.3) is 0 Å². The third-order valence-corrected chi connectivity index (χ3v) is 3.47. The summed E-state index contributed by atoms with van der Waals surface area (Å²) in [5, 5.41) is 15.7. The minimum atomic E-state index is -4.44. The van der Waals surface area contributed by atoms with Crippen LogP contribution in [-0.4, -0.2) is 16.1 Å². The predicted octanol–water partition coefficient (Wildman–Crippen LogP) is 4.60. The maximum absolute atomic E-state index is 12.5. The summed E-state index contributed by atoms with van der Waals surface area (Å²) < 4.78 is 37.5. The highest BCUT2D eigenvalue weighted by atomic mass is 19.4. The summed E-state index contributed by atoms with van der Waals surface area (Å²) in [6.07, 6.45) is -2.93. The molecule has 0 fully saturated rings. The highest BCUT2D eigenvalue weighted by molar-refractivity contribution is 6.03. The lowest BCUT2D eigenvalue weighted by atomic mass is 10.2. The molecule has 1 heterocycles. The number of halogens is 3. The fourth-order valence-corrected chi connectivity index (χ4v) is 2.26. The molecule has 3 N–H and O–H groups in total. The first-order chi connectivity index (χ1) is 11.8. The predicted molar refractivity (Wildman–Crippen MR) is 87.5 cm³/mol. The molecule has 8 heteroatoms. The van der Waals surface area contributed by atoms with Crippen molar-refractivity contribution in [3.63, 3.8) is 0 Å². The Bertz CT molecular complexity index is 925. The Morgan fingerprint density at radius 2 is 1.72 bits per heavy atom. The number of fused-ring (bicyclic) bond motifs is 1. The van der Waals surface area contributed by atoms with Gasteiger partial charge in [-0.05, 0) is 36.4 Å². The average Bonchev–Trinajstić information content (AvgIpc) is 2.57. The zero-order valence-corrected chi connectivity index (χ0v) is 12.6. The SMILES string of the molecule is O=C(Nc1ccc(C(F)(F)F)cc1)Nc1ccc2cccnc2c1O. The molecule has 3 rings (SSSR count). The first-order valence-electron chi connectivity index (χ1n) is 7.16. The van der Waals surface area contributed by atoms with Gasteiger partial charge in [0.1, 0.15) is 5.52 Å². The topological polar surface area (TPSA) is 74.2 Å². The number of hydrogen-bond donors (Lipinski definition) is 3. The number of pyridine rings is 1. The van der Waals surface area contributed by atoms with Crippen molar-refractivity contribution in [2.45, 2.75) is 6.18 Å². The van der Waals surface area contributed by atoms with Crippen LogP contribution >= 0.6 is 0 Å². The number of nitrogens with one attached hydrogen (secondary N) is 2. The molecule has 0 aliphatic heterocycles. The molecule has 2 aromatic carbocycles. The van der Waals surface area contributed by atoms with Crippen LogP contribution in [0.1, 0.15) is 5.56 Å². The van der Waals surface area contributed by atoms with Gasteiger partial charge in [0.15, 0.2) is 5.75 Å². The monoisotopic (exact) mass is 347 g/mol. The van der Waals surface area contributed by atoms with E-state index in [0.29, 0.717) is 10.9 Å². The molecule has 25 heavy (non-hydrogen) atoms. The number of rotatable bonds is 2. The fraction of sp³-hybridized carbons (Fsp3) is 0.0588. The molecule has 1 aromatic heterocycles. The largest absolute Gasteiger partial charge is 0.504 e. The quantitative estimate of drug-likeness (QED) is 0.593. The second-order valence-electron chi connectivity index (χ2n) is 5.19. The Hall–Kier alpha value is -3.29. The van der Waals surface area contributed by atoms with Gasteiger partial charge in [-0.1, -0.05) is 12.1 Å². The third kappa shape index (κ3) is 3.63. The van der Waals surface area contributed by atoms with Crippen molar-refractivity contribution in [2.75, 3.05) is 10.6 Å². The second kappa shape index (κ2) is 6.31. The third-order valence-electron chi connectivity index (χ3n) is 3.47. The minimum absolute atomic E-state index is 0.135. The van der Waals surface area contributed by atoms with Crippen LogP contribution in [0.2, 0.25) is 0 Å². The van der Waals surface area contributed by atoms with Crippen LogP contribution in [0, 0.1) is 0 Å². The first-order valence-corrected chi connectivity index (χ1v) is 7.16. The molecule has 0 aliphatic carbocycles. The molecular weight excluding hydrogens is 335 g/mol. The Labute approximate surface area is 140 Å². The maximum Gasteiger partial charge on any atom is 0.416 e. The summed E-state index contributed by atoms with van der Waals surface area (Å²) in [7, 11) is 0. The lowest BCUT2D eigenvalue weighted by molar-refractivity contribution is -0.137. The number of carbonyl (C=O) groups excluding carboxylic acids is 1. The number of phenols is 1. The summed E-state index contributed by atoms with van der Waals surface area (Å²) in [4.78, 5) is 16.0. The van der Waals surface area contributed by atoms with E-state index < -0.39 is 17.8 Å². The summed E-state index contributed by atoms with van der Waals surface area (Å²) >= 11 is 0. The van der Waals surface area contributed by atoms with Crippen LogP contribution in [0.25, 0.3) is 10.9 Å². The number of hydrogen-bond acceptors (Lipinski definition) is 3. The number of amides is 2. The lowest BCUT2D eigenvalue weighted by Gasteiger charge is -2.11. The van der Waals surface area contributed by atoms with Crippen molar-refractivity contribution < 1.29 is 23.1 Å². The van der Waals surface area contributed by atoms with Gasteiger partial charge >= 0.3 is 12.2 Å². The zero-order chi connectivity index (χ0) is 18.0. The van der Waals surface area contributed by atoms with Crippen molar-refractivity contribution in [1.82, 2.24) is 4.98 Å². The number of carbonyl (C=O) groups is 1. The van der Waals surface area contributed by atoms with E-state index in [9.17, 15) is 23.1 Å². The summed E-state index contributed by atoms with van der Waals surface area (Å²) in [6.45, 7) is 0. The number of aromatic nitrogens is 1. The Kier molecular flexibility index (Phi) is 4.18. The van der Waals surface area contributed by atoms with Gasteiger partial charge in [-0.25, -0.2) is 4.79 Å². The molecule has 3 aromatic rings. The van der Waals surface area contributed by atoms with Gasteiger partial charge < -0.3 is 15.7 Å². The van der Waals surface area contributed by atoms with Gasteiger partial charge in [-0.3, -0.25) is 4.98 Å². The number of phenolic OH excluding ortho intramolecular Hbond substituents is 1. The molecule has 0 aliphatic rings. The van der Waals surface area contributed by atoms with Gasteiger partial charge in [-0.2, -0.15) is 13.2 Å². The number of nitrogens with zero attached hydrogens (tertiary/aromatic N) is 1. The summed E-state index contributed by atoms with van der Waals surface area (Å²) in [5.74, 6) is -0.194. The summed E-state index contributed by atoms with van der Waals surface area (Å²) in [5.41, 5.74) is -0.161. The van der Waals surface area contributed by atoms with Gasteiger partial charge in [-0.15, -0.1) is 0 Å². The normalized spacial score (nSPS) is 11.3. The smallest absolute Gasteiger partial charge is 0.416 e. The molecule has 128 valence electrons. The number of alkyl halides is 3. The number of anilines is 2. The molecule has 2 amide bonds. The van der Waals surface area contributed by atoms with Crippen LogP contribution < -0.4 is 10.6 Å². The van der Waals surface area contributed by atoms with Crippen LogP contribution in [0.4, 0.5) is 29.3 Å². The highest BCUT2D eigenvalue weighted by Gasteiger charge is 2.30. The molecule has 0 bridgehead atoms. The maximum atomic E-state index is 12.5. The van der Waals surface area contributed by atoms with Crippen molar-refractivity contribution in [2.24, 2.45) is 0 Å². The number of aromatic hydroxyl groups is 1. The van der Waals surface area contributed by atoms with Gasteiger partial charge in [0.2, 0.25) is 0 Å². The minimum Gasteiger partial charge on any atom is -0.504 e. The van der Waals surface area contributed by atoms with E-state index in [0.717, 1.165) is 24.3 Å². The Morgan fingerprint density at radius 1 is 1.00 bits per heavy atom. The van der Waals surface area contributed by atoms with E-state index in [1.165, 1.54) is 12.3 Å². The first kappa shape index (κ1) is 16.6. The lowest BCUT2D eigenvalue weighted by Crippen LogP contribution is -2.19. The van der Waals surface area contributed by atoms with E-state index in [4.69, 9.17) is 0 Å². The van der Waals surface area contributed by atoms with E-state index >= 15 is 0 Å².